The molecule has 0 atom stereocenters. The first kappa shape index (κ1) is 15.6. The Morgan fingerprint density at radius 1 is 1.32 bits per heavy atom. The third kappa shape index (κ3) is 3.27. The molecule has 22 heavy (non-hydrogen) atoms. The molecule has 0 fully saturated rings. The Morgan fingerprint density at radius 2 is 2.05 bits per heavy atom. The van der Waals surface area contributed by atoms with Crippen molar-refractivity contribution in [2.45, 2.75) is 12.7 Å². The van der Waals surface area contributed by atoms with Crippen molar-refractivity contribution in [1.29, 1.82) is 0 Å². The number of hydrogen-bond donors (Lipinski definition) is 1. The zero-order valence-corrected chi connectivity index (χ0v) is 11.1. The largest absolute Gasteiger partial charge is 0.478 e. The Morgan fingerprint density at radius 3 is 2.64 bits per heavy atom. The van der Waals surface area contributed by atoms with E-state index < -0.39 is 17.7 Å². The van der Waals surface area contributed by atoms with E-state index in [0.29, 0.717) is 5.56 Å². The van der Waals surface area contributed by atoms with Crippen LogP contribution in [0.5, 0.6) is 0 Å². The van der Waals surface area contributed by atoms with Crippen molar-refractivity contribution in [3.63, 3.8) is 0 Å². The van der Waals surface area contributed by atoms with Crippen LogP contribution in [0.15, 0.2) is 53.9 Å². The van der Waals surface area contributed by atoms with Gasteiger partial charge in [0.1, 0.15) is 5.70 Å². The van der Waals surface area contributed by atoms with E-state index in [2.05, 4.69) is 0 Å². The number of nitrogens with zero attached hydrogens (tertiary/aromatic N) is 1. The summed E-state index contributed by atoms with van der Waals surface area (Å²) < 4.78 is 38.0. The molecule has 114 valence electrons. The summed E-state index contributed by atoms with van der Waals surface area (Å²) in [5.41, 5.74) is -1.01. The lowest BCUT2D eigenvalue weighted by Crippen LogP contribution is -2.23. The molecule has 2 rings (SSSR count). The molecule has 1 aliphatic rings. The van der Waals surface area contributed by atoms with Gasteiger partial charge in [-0.25, -0.2) is 9.59 Å². The van der Waals surface area contributed by atoms with Crippen LogP contribution in [0.25, 0.3) is 0 Å². The van der Waals surface area contributed by atoms with Crippen molar-refractivity contribution in [3.8, 4) is 0 Å². The number of carboxylic acid groups (broad SMARTS) is 1. The lowest BCUT2D eigenvalue weighted by molar-refractivity contribution is -0.137. The summed E-state index contributed by atoms with van der Waals surface area (Å²) in [6, 6.07) is 4.61. The highest BCUT2D eigenvalue weighted by atomic mass is 19.4. The van der Waals surface area contributed by atoms with Crippen LogP contribution < -0.4 is 0 Å². The molecule has 0 radical (unpaired) electrons. The second-order valence-electron chi connectivity index (χ2n) is 4.50. The Labute approximate surface area is 123 Å². The number of hydrogen-bond acceptors (Lipinski definition) is 3. The maximum absolute atomic E-state index is 12.7. The van der Waals surface area contributed by atoms with Gasteiger partial charge in [-0.1, -0.05) is 12.1 Å². The molecule has 0 aliphatic carbocycles. The van der Waals surface area contributed by atoms with E-state index in [1.54, 1.807) is 0 Å². The molecule has 0 saturated carbocycles. The molecule has 1 aromatic carbocycles. The number of aliphatic carboxylic acids is 1. The van der Waals surface area contributed by atoms with Gasteiger partial charge in [-0.2, -0.15) is 13.2 Å². The molecule has 1 heterocycles. The quantitative estimate of drug-likeness (QED) is 0.872. The molecule has 0 bridgehead atoms. The second kappa shape index (κ2) is 5.91. The molecule has 0 saturated heterocycles. The Hall–Kier alpha value is -2.79. The van der Waals surface area contributed by atoms with Gasteiger partial charge in [0.15, 0.2) is 5.94 Å². The normalized spacial score (nSPS) is 14.6. The van der Waals surface area contributed by atoms with Crippen molar-refractivity contribution in [3.05, 3.63) is 65.0 Å². The standard InChI is InChI=1S/C15H10F3NO3/c16-15(17,18)11-4-1-3-10(7-11)8-19-6-2-5-12(14(21)22)13(19)9-20/h1-7H,8H2,(H,21,22). The van der Waals surface area contributed by atoms with E-state index in [9.17, 15) is 22.8 Å². The summed E-state index contributed by atoms with van der Waals surface area (Å²) >= 11 is 0. The summed E-state index contributed by atoms with van der Waals surface area (Å²) in [6.45, 7) is -0.0738. The zero-order chi connectivity index (χ0) is 16.3. The van der Waals surface area contributed by atoms with Crippen LogP contribution in [0.3, 0.4) is 0 Å². The van der Waals surface area contributed by atoms with Crippen LogP contribution in [0, 0.1) is 0 Å². The highest BCUT2D eigenvalue weighted by molar-refractivity contribution is 5.95. The topological polar surface area (TPSA) is 57.6 Å². The maximum Gasteiger partial charge on any atom is 0.416 e. The van der Waals surface area contributed by atoms with Crippen LogP contribution in [-0.4, -0.2) is 21.9 Å². The van der Waals surface area contributed by atoms with Gasteiger partial charge in [-0.05, 0) is 29.8 Å². The van der Waals surface area contributed by atoms with Gasteiger partial charge >= 0.3 is 12.1 Å². The highest BCUT2D eigenvalue weighted by Crippen LogP contribution is 2.30. The number of carboxylic acids is 1. The molecule has 0 unspecified atom stereocenters. The summed E-state index contributed by atoms with van der Waals surface area (Å²) in [7, 11) is 0. The fraction of sp³-hybridized carbons (Fsp3) is 0.133. The predicted octanol–water partition coefficient (Wildman–Crippen LogP) is 2.76. The van der Waals surface area contributed by atoms with E-state index >= 15 is 0 Å². The smallest absolute Gasteiger partial charge is 0.416 e. The summed E-state index contributed by atoms with van der Waals surface area (Å²) in [5, 5.41) is 9.00. The molecule has 1 aliphatic heterocycles. The average Bonchev–Trinajstić information content (AvgIpc) is 2.46. The molecule has 4 nitrogen and oxygen atoms in total. The summed E-state index contributed by atoms with van der Waals surface area (Å²) in [5.74, 6) is 0.212. The van der Waals surface area contributed by atoms with E-state index in [-0.39, 0.29) is 17.8 Å². The summed E-state index contributed by atoms with van der Waals surface area (Å²) in [4.78, 5) is 23.3. The minimum atomic E-state index is -4.47. The van der Waals surface area contributed by atoms with Gasteiger partial charge in [-0.3, -0.25) is 0 Å². The third-order valence-electron chi connectivity index (χ3n) is 3.01. The first-order valence-electron chi connectivity index (χ1n) is 6.13. The lowest BCUT2D eigenvalue weighted by atomic mass is 10.1. The number of halogens is 3. The van der Waals surface area contributed by atoms with E-state index in [1.165, 1.54) is 41.3 Å². The van der Waals surface area contributed by atoms with Crippen molar-refractivity contribution in [1.82, 2.24) is 4.90 Å². The van der Waals surface area contributed by atoms with Crippen molar-refractivity contribution < 1.29 is 27.9 Å². The second-order valence-corrected chi connectivity index (χ2v) is 4.50. The molecule has 0 amide bonds. The van der Waals surface area contributed by atoms with Crippen molar-refractivity contribution in [2.75, 3.05) is 0 Å². The first-order valence-corrected chi connectivity index (χ1v) is 6.13. The van der Waals surface area contributed by atoms with Gasteiger partial charge < -0.3 is 10.0 Å². The fourth-order valence-electron chi connectivity index (χ4n) is 2.01. The third-order valence-corrected chi connectivity index (χ3v) is 3.01. The van der Waals surface area contributed by atoms with Crippen molar-refractivity contribution >= 4 is 11.9 Å². The van der Waals surface area contributed by atoms with E-state index in [0.717, 1.165) is 12.1 Å². The zero-order valence-electron chi connectivity index (χ0n) is 11.1. The van der Waals surface area contributed by atoms with Crippen LogP contribution in [0.2, 0.25) is 0 Å². The van der Waals surface area contributed by atoms with Gasteiger partial charge in [0.2, 0.25) is 0 Å². The van der Waals surface area contributed by atoms with Gasteiger partial charge in [-0.15, -0.1) is 0 Å². The predicted molar refractivity (Wildman–Crippen MR) is 71.1 cm³/mol. The maximum atomic E-state index is 12.7. The Bertz CT molecular complexity index is 713. The SMILES string of the molecule is O=C=C1C(C(=O)O)=CC=CN1Cc1cccc(C(F)(F)F)c1. The minimum Gasteiger partial charge on any atom is -0.478 e. The molecule has 7 heteroatoms. The highest BCUT2D eigenvalue weighted by Gasteiger charge is 2.30. The van der Waals surface area contributed by atoms with Crippen LogP contribution >= 0.6 is 0 Å². The average molecular weight is 309 g/mol. The molecule has 1 aromatic rings. The number of rotatable bonds is 3. The number of carbonyl (C=O) groups excluding carboxylic acids is 1. The molecular formula is C15H10F3NO3. The van der Waals surface area contributed by atoms with Gasteiger partial charge in [0.25, 0.3) is 0 Å². The monoisotopic (exact) mass is 309 g/mol. The Kier molecular flexibility index (Phi) is 4.19. The van der Waals surface area contributed by atoms with Crippen LogP contribution in [0.4, 0.5) is 13.2 Å². The molecular weight excluding hydrogens is 299 g/mol. The van der Waals surface area contributed by atoms with Gasteiger partial charge in [0, 0.05) is 12.7 Å². The van der Waals surface area contributed by atoms with Gasteiger partial charge in [0.05, 0.1) is 11.1 Å². The van der Waals surface area contributed by atoms with Crippen LogP contribution in [-0.2, 0) is 22.3 Å². The first-order chi connectivity index (χ1) is 10.3. The number of alkyl halides is 3. The number of carbonyl (C=O) groups is 1. The number of allylic oxidation sites excluding steroid dienone is 2. The lowest BCUT2D eigenvalue weighted by Gasteiger charge is -2.24. The Balaban J connectivity index is 2.28. The van der Waals surface area contributed by atoms with E-state index in [4.69, 9.17) is 5.11 Å². The molecule has 0 spiro atoms. The fourth-order valence-corrected chi connectivity index (χ4v) is 2.01. The van der Waals surface area contributed by atoms with E-state index in [1.807, 2.05) is 0 Å². The minimum absolute atomic E-state index is 0.0738. The molecule has 1 N–H and O–H groups in total. The summed E-state index contributed by atoms with van der Waals surface area (Å²) in [6.07, 6.45) is -0.431. The van der Waals surface area contributed by atoms with Crippen LogP contribution in [0.1, 0.15) is 11.1 Å². The molecule has 0 aromatic heterocycles. The van der Waals surface area contributed by atoms with Crippen molar-refractivity contribution in [2.24, 2.45) is 0 Å². The number of benzene rings is 1.